The van der Waals surface area contributed by atoms with Gasteiger partial charge in [-0.3, -0.25) is 9.36 Å². The highest BCUT2D eigenvalue weighted by molar-refractivity contribution is 5.99. The van der Waals surface area contributed by atoms with Gasteiger partial charge in [0.1, 0.15) is 18.4 Å². The van der Waals surface area contributed by atoms with Gasteiger partial charge in [0, 0.05) is 34.9 Å². The Morgan fingerprint density at radius 1 is 1.16 bits per heavy atom. The zero-order chi connectivity index (χ0) is 21.2. The molecule has 0 aliphatic carbocycles. The molecule has 154 valence electrons. The standard InChI is InChI=1S/C23H19N5O3/c29-13-15-2-1-3-17(10-15)27-23(30)28-9-7-16-11-18(4-5-21(16)28)31-22-19-6-8-24-12-20(19)25-14-26-22/h1-5,7,9-11,13-14,24H,6,8,12H2,(H,27,30). The average Bonchev–Trinajstić information content (AvgIpc) is 3.23. The molecule has 1 aliphatic heterocycles. The first-order valence-corrected chi connectivity index (χ1v) is 9.90. The normalized spacial score (nSPS) is 12.9. The number of rotatable bonds is 4. The number of carbonyl (C=O) groups excluding carboxylic acids is 2. The summed E-state index contributed by atoms with van der Waals surface area (Å²) in [5.74, 6) is 1.21. The number of nitrogens with zero attached hydrogens (tertiary/aromatic N) is 3. The van der Waals surface area contributed by atoms with E-state index in [0.717, 1.165) is 41.4 Å². The highest BCUT2D eigenvalue weighted by atomic mass is 16.5. The molecule has 0 fully saturated rings. The van der Waals surface area contributed by atoms with Gasteiger partial charge in [-0.2, -0.15) is 0 Å². The molecule has 8 nitrogen and oxygen atoms in total. The summed E-state index contributed by atoms with van der Waals surface area (Å²) in [6.07, 6.45) is 4.77. The van der Waals surface area contributed by atoms with Crippen molar-refractivity contribution in [2.24, 2.45) is 0 Å². The molecule has 0 unspecified atom stereocenters. The maximum absolute atomic E-state index is 12.7. The van der Waals surface area contributed by atoms with Gasteiger partial charge < -0.3 is 15.4 Å². The third-order valence-corrected chi connectivity index (χ3v) is 5.21. The number of amides is 1. The van der Waals surface area contributed by atoms with Crippen molar-refractivity contribution in [3.63, 3.8) is 0 Å². The van der Waals surface area contributed by atoms with Crippen LogP contribution in [0.25, 0.3) is 10.9 Å². The van der Waals surface area contributed by atoms with Crippen LogP contribution in [0.15, 0.2) is 61.1 Å². The minimum atomic E-state index is -0.316. The summed E-state index contributed by atoms with van der Waals surface area (Å²) in [5.41, 5.74) is 3.78. The lowest BCUT2D eigenvalue weighted by molar-refractivity contribution is 0.112. The minimum absolute atomic E-state index is 0.316. The summed E-state index contributed by atoms with van der Waals surface area (Å²) in [4.78, 5) is 32.3. The molecule has 3 heterocycles. The Bertz CT molecular complexity index is 1300. The van der Waals surface area contributed by atoms with Crippen LogP contribution in [0.1, 0.15) is 21.6 Å². The molecule has 0 saturated heterocycles. The molecule has 4 aromatic rings. The number of benzene rings is 2. The van der Waals surface area contributed by atoms with E-state index >= 15 is 0 Å². The first-order chi connectivity index (χ1) is 15.2. The van der Waals surface area contributed by atoms with Crippen LogP contribution < -0.4 is 15.4 Å². The van der Waals surface area contributed by atoms with Gasteiger partial charge in [0.15, 0.2) is 0 Å². The number of ether oxygens (including phenoxy) is 1. The third kappa shape index (κ3) is 3.76. The van der Waals surface area contributed by atoms with Crippen molar-refractivity contribution in [1.82, 2.24) is 19.9 Å². The Balaban J connectivity index is 1.39. The van der Waals surface area contributed by atoms with Gasteiger partial charge in [-0.1, -0.05) is 12.1 Å². The molecular weight excluding hydrogens is 394 g/mol. The molecule has 2 N–H and O–H groups in total. The maximum Gasteiger partial charge on any atom is 0.330 e. The largest absolute Gasteiger partial charge is 0.439 e. The van der Waals surface area contributed by atoms with Gasteiger partial charge in [0.25, 0.3) is 0 Å². The molecule has 1 aliphatic rings. The number of hydrogen-bond acceptors (Lipinski definition) is 6. The van der Waals surface area contributed by atoms with Crippen molar-refractivity contribution in [2.75, 3.05) is 11.9 Å². The molecule has 0 spiro atoms. The van der Waals surface area contributed by atoms with E-state index in [2.05, 4.69) is 20.6 Å². The molecule has 2 aromatic heterocycles. The number of aromatic nitrogens is 3. The van der Waals surface area contributed by atoms with Gasteiger partial charge in [-0.25, -0.2) is 14.8 Å². The van der Waals surface area contributed by atoms with E-state index in [4.69, 9.17) is 4.74 Å². The lowest BCUT2D eigenvalue weighted by Crippen LogP contribution is -2.25. The lowest BCUT2D eigenvalue weighted by Gasteiger charge is -2.18. The van der Waals surface area contributed by atoms with Gasteiger partial charge in [0.2, 0.25) is 5.88 Å². The van der Waals surface area contributed by atoms with E-state index in [1.807, 2.05) is 24.3 Å². The molecule has 0 saturated carbocycles. The van der Waals surface area contributed by atoms with Crippen molar-refractivity contribution in [2.45, 2.75) is 13.0 Å². The Kier molecular flexibility index (Phi) is 4.89. The quantitative estimate of drug-likeness (QED) is 0.495. The zero-order valence-corrected chi connectivity index (χ0v) is 16.5. The predicted octanol–water partition coefficient (Wildman–Crippen LogP) is 3.76. The fourth-order valence-corrected chi connectivity index (χ4v) is 3.69. The van der Waals surface area contributed by atoms with Crippen LogP contribution in [-0.4, -0.2) is 33.4 Å². The minimum Gasteiger partial charge on any atom is -0.439 e. The maximum atomic E-state index is 12.7. The summed E-state index contributed by atoms with van der Waals surface area (Å²) in [5, 5.41) is 6.96. The molecule has 2 aromatic carbocycles. The predicted molar refractivity (Wildman–Crippen MR) is 116 cm³/mol. The van der Waals surface area contributed by atoms with Crippen LogP contribution in [0.3, 0.4) is 0 Å². The molecule has 0 bridgehead atoms. The van der Waals surface area contributed by atoms with E-state index in [1.54, 1.807) is 30.5 Å². The number of hydrogen-bond donors (Lipinski definition) is 2. The topological polar surface area (TPSA) is 98.1 Å². The van der Waals surface area contributed by atoms with E-state index in [9.17, 15) is 9.59 Å². The van der Waals surface area contributed by atoms with Gasteiger partial charge in [-0.05, 0) is 49.4 Å². The van der Waals surface area contributed by atoms with Crippen LogP contribution in [0.4, 0.5) is 10.5 Å². The zero-order valence-electron chi connectivity index (χ0n) is 16.5. The van der Waals surface area contributed by atoms with E-state index < -0.39 is 0 Å². The van der Waals surface area contributed by atoms with Crippen LogP contribution in [0, 0.1) is 0 Å². The van der Waals surface area contributed by atoms with Crippen molar-refractivity contribution >= 4 is 28.9 Å². The number of carbonyl (C=O) groups is 2. The van der Waals surface area contributed by atoms with Crippen LogP contribution in [0.5, 0.6) is 11.6 Å². The third-order valence-electron chi connectivity index (χ3n) is 5.21. The first kappa shape index (κ1) is 19.0. The fraction of sp³-hybridized carbons (Fsp3) is 0.130. The van der Waals surface area contributed by atoms with Gasteiger partial charge in [-0.15, -0.1) is 0 Å². The van der Waals surface area contributed by atoms with E-state index in [1.165, 1.54) is 10.9 Å². The van der Waals surface area contributed by atoms with Crippen molar-refractivity contribution in [1.29, 1.82) is 0 Å². The number of anilines is 1. The Morgan fingerprint density at radius 2 is 2.10 bits per heavy atom. The lowest BCUT2D eigenvalue weighted by atomic mass is 10.1. The molecule has 1 amide bonds. The molecule has 5 rings (SSSR count). The number of nitrogens with one attached hydrogen (secondary N) is 2. The molecule has 0 radical (unpaired) electrons. The molecule has 0 atom stereocenters. The van der Waals surface area contributed by atoms with Crippen molar-refractivity contribution in [3.8, 4) is 11.6 Å². The molecular formula is C23H19N5O3. The smallest absolute Gasteiger partial charge is 0.330 e. The second-order valence-electron chi connectivity index (χ2n) is 7.21. The van der Waals surface area contributed by atoms with E-state index in [-0.39, 0.29) is 6.03 Å². The second-order valence-corrected chi connectivity index (χ2v) is 7.21. The van der Waals surface area contributed by atoms with Crippen LogP contribution in [0.2, 0.25) is 0 Å². The summed E-state index contributed by atoms with van der Waals surface area (Å²) >= 11 is 0. The van der Waals surface area contributed by atoms with Gasteiger partial charge >= 0.3 is 6.03 Å². The van der Waals surface area contributed by atoms with Crippen LogP contribution >= 0.6 is 0 Å². The summed E-state index contributed by atoms with van der Waals surface area (Å²) < 4.78 is 7.57. The average molecular weight is 413 g/mol. The monoisotopic (exact) mass is 413 g/mol. The highest BCUT2D eigenvalue weighted by Crippen LogP contribution is 2.29. The van der Waals surface area contributed by atoms with Crippen molar-refractivity contribution in [3.05, 3.63) is 77.9 Å². The number of fused-ring (bicyclic) bond motifs is 2. The van der Waals surface area contributed by atoms with E-state index in [0.29, 0.717) is 29.4 Å². The summed E-state index contributed by atoms with van der Waals surface area (Å²) in [6.45, 7) is 1.57. The SMILES string of the molecule is O=Cc1cccc(NC(=O)n2ccc3cc(Oc4ncnc5c4CCNC5)ccc32)c1. The highest BCUT2D eigenvalue weighted by Gasteiger charge is 2.17. The molecule has 8 heteroatoms. The fourth-order valence-electron chi connectivity index (χ4n) is 3.69. The van der Waals surface area contributed by atoms with Gasteiger partial charge in [0.05, 0.1) is 11.2 Å². The Labute approximate surface area is 177 Å². The first-order valence-electron chi connectivity index (χ1n) is 9.90. The Morgan fingerprint density at radius 3 is 3.00 bits per heavy atom. The van der Waals surface area contributed by atoms with Crippen molar-refractivity contribution < 1.29 is 14.3 Å². The number of aldehydes is 1. The Hall–Kier alpha value is -4.04. The summed E-state index contributed by atoms with van der Waals surface area (Å²) in [6, 6.07) is 13.8. The summed E-state index contributed by atoms with van der Waals surface area (Å²) in [7, 11) is 0. The van der Waals surface area contributed by atoms with Crippen LogP contribution in [-0.2, 0) is 13.0 Å². The molecule has 31 heavy (non-hydrogen) atoms. The second kappa shape index (κ2) is 8.00.